The summed E-state index contributed by atoms with van der Waals surface area (Å²) in [5, 5.41) is 13.3. The maximum Gasteiger partial charge on any atom is 0.0730 e. The van der Waals surface area contributed by atoms with Gasteiger partial charge in [0.25, 0.3) is 0 Å². The molecule has 114 valence electrons. The van der Waals surface area contributed by atoms with Crippen molar-refractivity contribution in [3.8, 4) is 0 Å². The van der Waals surface area contributed by atoms with E-state index in [0.29, 0.717) is 6.54 Å². The van der Waals surface area contributed by atoms with E-state index in [1.165, 1.54) is 22.6 Å². The summed E-state index contributed by atoms with van der Waals surface area (Å²) in [6.45, 7) is 10.2. The SMILES string of the molecule is CCNCC(O)C(C)c1ccc(SCCC(C)C)cc1. The fourth-order valence-electron chi connectivity index (χ4n) is 1.97. The van der Waals surface area contributed by atoms with Gasteiger partial charge >= 0.3 is 0 Å². The molecule has 0 amide bonds. The highest BCUT2D eigenvalue weighted by Gasteiger charge is 2.15. The Morgan fingerprint density at radius 2 is 1.80 bits per heavy atom. The zero-order valence-corrected chi connectivity index (χ0v) is 14.0. The summed E-state index contributed by atoms with van der Waals surface area (Å²) in [7, 11) is 0. The van der Waals surface area contributed by atoms with Gasteiger partial charge in [0.2, 0.25) is 0 Å². The van der Waals surface area contributed by atoms with Crippen LogP contribution in [0.3, 0.4) is 0 Å². The van der Waals surface area contributed by atoms with Crippen LogP contribution >= 0.6 is 11.8 Å². The molecule has 0 aliphatic carbocycles. The van der Waals surface area contributed by atoms with Crippen molar-refractivity contribution in [2.24, 2.45) is 5.92 Å². The van der Waals surface area contributed by atoms with E-state index < -0.39 is 0 Å². The number of nitrogens with one attached hydrogen (secondary N) is 1. The molecule has 2 nitrogen and oxygen atoms in total. The van der Waals surface area contributed by atoms with Crippen molar-refractivity contribution < 1.29 is 5.11 Å². The minimum absolute atomic E-state index is 0.170. The molecule has 0 radical (unpaired) electrons. The molecule has 0 bridgehead atoms. The lowest BCUT2D eigenvalue weighted by Gasteiger charge is -2.19. The molecular formula is C17H29NOS. The molecule has 0 saturated carbocycles. The largest absolute Gasteiger partial charge is 0.391 e. The van der Waals surface area contributed by atoms with E-state index in [1.54, 1.807) is 0 Å². The van der Waals surface area contributed by atoms with Crippen LogP contribution in [0.15, 0.2) is 29.2 Å². The second-order valence-electron chi connectivity index (χ2n) is 5.76. The number of hydrogen-bond acceptors (Lipinski definition) is 3. The van der Waals surface area contributed by atoms with E-state index in [4.69, 9.17) is 0 Å². The lowest BCUT2D eigenvalue weighted by atomic mass is 9.95. The van der Waals surface area contributed by atoms with Gasteiger partial charge in [-0.3, -0.25) is 0 Å². The van der Waals surface area contributed by atoms with Gasteiger partial charge in [0, 0.05) is 17.4 Å². The molecule has 0 fully saturated rings. The second-order valence-corrected chi connectivity index (χ2v) is 6.93. The summed E-state index contributed by atoms with van der Waals surface area (Å²) in [6, 6.07) is 8.66. The van der Waals surface area contributed by atoms with E-state index in [-0.39, 0.29) is 12.0 Å². The van der Waals surface area contributed by atoms with Gasteiger partial charge in [-0.15, -0.1) is 11.8 Å². The second kappa shape index (κ2) is 9.43. The van der Waals surface area contributed by atoms with Crippen LogP contribution in [-0.2, 0) is 0 Å². The van der Waals surface area contributed by atoms with Crippen LogP contribution in [0.5, 0.6) is 0 Å². The molecule has 2 unspecified atom stereocenters. The predicted octanol–water partition coefficient (Wildman–Crippen LogP) is 3.90. The monoisotopic (exact) mass is 295 g/mol. The highest BCUT2D eigenvalue weighted by atomic mass is 32.2. The Morgan fingerprint density at radius 3 is 2.35 bits per heavy atom. The van der Waals surface area contributed by atoms with Crippen molar-refractivity contribution in [1.29, 1.82) is 0 Å². The minimum Gasteiger partial charge on any atom is -0.391 e. The number of hydrogen-bond donors (Lipinski definition) is 2. The van der Waals surface area contributed by atoms with Crippen molar-refractivity contribution in [3.05, 3.63) is 29.8 Å². The minimum atomic E-state index is -0.325. The molecule has 20 heavy (non-hydrogen) atoms. The van der Waals surface area contributed by atoms with E-state index in [9.17, 15) is 5.11 Å². The standard InChI is InChI=1S/C17H29NOS/c1-5-18-12-17(19)14(4)15-6-8-16(9-7-15)20-11-10-13(2)3/h6-9,13-14,17-19H,5,10-12H2,1-4H3. The molecule has 0 aliphatic heterocycles. The van der Waals surface area contributed by atoms with Gasteiger partial charge in [-0.1, -0.05) is 39.8 Å². The summed E-state index contributed by atoms with van der Waals surface area (Å²) in [6.07, 6.45) is 0.930. The van der Waals surface area contributed by atoms with Crippen molar-refractivity contribution in [1.82, 2.24) is 5.32 Å². The molecule has 1 aromatic rings. The quantitative estimate of drug-likeness (QED) is 0.678. The van der Waals surface area contributed by atoms with Gasteiger partial charge in [0.15, 0.2) is 0 Å². The van der Waals surface area contributed by atoms with Crippen molar-refractivity contribution in [3.63, 3.8) is 0 Å². The number of rotatable bonds is 9. The number of benzene rings is 1. The van der Waals surface area contributed by atoms with Crippen LogP contribution in [0.1, 0.15) is 45.6 Å². The van der Waals surface area contributed by atoms with Gasteiger partial charge in [0.1, 0.15) is 0 Å². The number of aliphatic hydroxyl groups is 1. The van der Waals surface area contributed by atoms with Crippen LogP contribution in [0.2, 0.25) is 0 Å². The first kappa shape index (κ1) is 17.5. The predicted molar refractivity (Wildman–Crippen MR) is 89.6 cm³/mol. The maximum absolute atomic E-state index is 10.1. The van der Waals surface area contributed by atoms with Gasteiger partial charge in [-0.2, -0.15) is 0 Å². The summed E-state index contributed by atoms with van der Waals surface area (Å²) in [5.41, 5.74) is 1.21. The number of thioether (sulfide) groups is 1. The summed E-state index contributed by atoms with van der Waals surface area (Å²) < 4.78 is 0. The molecule has 2 atom stereocenters. The third kappa shape index (κ3) is 6.29. The normalized spacial score (nSPS) is 14.5. The summed E-state index contributed by atoms with van der Waals surface area (Å²) in [4.78, 5) is 1.32. The van der Waals surface area contributed by atoms with Crippen LogP contribution in [0.25, 0.3) is 0 Å². The Labute approximate surface area is 128 Å². The molecule has 0 spiro atoms. The van der Waals surface area contributed by atoms with Crippen molar-refractivity contribution in [2.45, 2.75) is 51.0 Å². The van der Waals surface area contributed by atoms with Gasteiger partial charge in [-0.05, 0) is 42.3 Å². The molecule has 0 aromatic heterocycles. The van der Waals surface area contributed by atoms with Gasteiger partial charge in [-0.25, -0.2) is 0 Å². The van der Waals surface area contributed by atoms with E-state index in [2.05, 4.69) is 57.3 Å². The van der Waals surface area contributed by atoms with E-state index >= 15 is 0 Å². The van der Waals surface area contributed by atoms with Crippen LogP contribution in [-0.4, -0.2) is 30.1 Å². The molecule has 0 heterocycles. The third-order valence-corrected chi connectivity index (χ3v) is 4.60. The first-order chi connectivity index (χ1) is 9.54. The van der Waals surface area contributed by atoms with Crippen LogP contribution in [0.4, 0.5) is 0 Å². The van der Waals surface area contributed by atoms with E-state index in [1.807, 2.05) is 11.8 Å². The van der Waals surface area contributed by atoms with Crippen molar-refractivity contribution in [2.75, 3.05) is 18.8 Å². The zero-order chi connectivity index (χ0) is 15.0. The number of likely N-dealkylation sites (N-methyl/N-ethyl adjacent to an activating group) is 1. The zero-order valence-electron chi connectivity index (χ0n) is 13.2. The third-order valence-electron chi connectivity index (χ3n) is 3.55. The Kier molecular flexibility index (Phi) is 8.27. The van der Waals surface area contributed by atoms with Crippen LogP contribution < -0.4 is 5.32 Å². The highest BCUT2D eigenvalue weighted by Crippen LogP contribution is 2.25. The fourth-order valence-corrected chi connectivity index (χ4v) is 3.12. The molecule has 0 saturated heterocycles. The Morgan fingerprint density at radius 1 is 1.15 bits per heavy atom. The average Bonchev–Trinajstić information content (AvgIpc) is 2.44. The van der Waals surface area contributed by atoms with Crippen LogP contribution in [0, 0.1) is 5.92 Å². The molecule has 0 aliphatic rings. The Bertz CT molecular complexity index is 364. The highest BCUT2D eigenvalue weighted by molar-refractivity contribution is 7.99. The lowest BCUT2D eigenvalue weighted by molar-refractivity contribution is 0.147. The summed E-state index contributed by atoms with van der Waals surface area (Å²) >= 11 is 1.92. The summed E-state index contributed by atoms with van der Waals surface area (Å²) in [5.74, 6) is 2.11. The van der Waals surface area contributed by atoms with Gasteiger partial charge < -0.3 is 10.4 Å². The smallest absolute Gasteiger partial charge is 0.0730 e. The first-order valence-electron chi connectivity index (χ1n) is 7.66. The van der Waals surface area contributed by atoms with Gasteiger partial charge in [0.05, 0.1) is 6.10 Å². The first-order valence-corrected chi connectivity index (χ1v) is 8.64. The number of aliphatic hydroxyl groups excluding tert-OH is 1. The lowest BCUT2D eigenvalue weighted by Crippen LogP contribution is -2.30. The average molecular weight is 295 g/mol. The molecular weight excluding hydrogens is 266 g/mol. The molecule has 1 aromatic carbocycles. The molecule has 1 rings (SSSR count). The topological polar surface area (TPSA) is 32.3 Å². The maximum atomic E-state index is 10.1. The Hall–Kier alpha value is -0.510. The molecule has 3 heteroatoms. The van der Waals surface area contributed by atoms with Crippen molar-refractivity contribution >= 4 is 11.8 Å². The van der Waals surface area contributed by atoms with E-state index in [0.717, 1.165) is 12.5 Å². The molecule has 2 N–H and O–H groups in total. The Balaban J connectivity index is 2.48. The fraction of sp³-hybridized carbons (Fsp3) is 0.647.